The van der Waals surface area contributed by atoms with Crippen LogP contribution in [0.5, 0.6) is 0 Å². The molecular weight excluding hydrogens is 848 g/mol. The van der Waals surface area contributed by atoms with Gasteiger partial charge in [-0.3, -0.25) is 9.59 Å². The number of hydrogen-bond donors (Lipinski definition) is 2. The maximum absolute atomic E-state index is 12.8. The number of halogens is 1. The minimum Gasteiger partial charge on any atom is -0.478 e. The van der Waals surface area contributed by atoms with Crippen LogP contribution >= 0.6 is 11.6 Å². The van der Waals surface area contributed by atoms with Gasteiger partial charge >= 0.3 is 20.2 Å². The Hall–Kier alpha value is -5.03. The van der Waals surface area contributed by atoms with Gasteiger partial charge in [0.05, 0.1) is 28.0 Å². The lowest BCUT2D eigenvalue weighted by Crippen LogP contribution is -2.41. The summed E-state index contributed by atoms with van der Waals surface area (Å²) < 4.78 is 24.4. The van der Waals surface area contributed by atoms with Gasteiger partial charge in [-0.05, 0) is 187 Å². The van der Waals surface area contributed by atoms with Crippen LogP contribution < -0.4 is 16.7 Å². The van der Waals surface area contributed by atoms with Gasteiger partial charge in [0.2, 0.25) is 0 Å². The van der Waals surface area contributed by atoms with Gasteiger partial charge in [0.25, 0.3) is 5.24 Å². The SMILES string of the molecule is Cc1cc(C)cc(C(=O)Cc2ccc(C)c(B3OC(C)(C)C(C)(C)O3)c2)c1.Cc1cc(C)cc(C(=O)Cl)c1.Cc1cc(C)cc(C(=O)O)c1.Cc1ccc(N)cc1B1OC(C)(C)C(C)(C)O1. The number of benzene rings is 5. The first-order valence-corrected chi connectivity index (χ1v) is 22.7. The van der Waals surface area contributed by atoms with Crippen molar-refractivity contribution in [1.29, 1.82) is 0 Å². The van der Waals surface area contributed by atoms with E-state index in [0.717, 1.165) is 72.2 Å². The summed E-state index contributed by atoms with van der Waals surface area (Å²) in [5.41, 5.74) is 18.4. The van der Waals surface area contributed by atoms with Gasteiger partial charge in [-0.1, -0.05) is 87.0 Å². The van der Waals surface area contributed by atoms with E-state index in [1.807, 2.05) is 103 Å². The van der Waals surface area contributed by atoms with Gasteiger partial charge in [0, 0.05) is 23.2 Å². The summed E-state index contributed by atoms with van der Waals surface area (Å²) in [5.74, 6) is -0.734. The number of nitrogen functional groups attached to an aromatic ring is 1. The number of nitrogens with two attached hydrogens (primary N) is 1. The fourth-order valence-corrected chi connectivity index (χ4v) is 7.63. The molecule has 5 aromatic carbocycles. The van der Waals surface area contributed by atoms with Gasteiger partial charge in [0.15, 0.2) is 5.78 Å². The number of aromatic carboxylic acids is 1. The summed E-state index contributed by atoms with van der Waals surface area (Å²) in [6, 6.07) is 28.8. The summed E-state index contributed by atoms with van der Waals surface area (Å²) >= 11 is 5.31. The summed E-state index contributed by atoms with van der Waals surface area (Å²) in [5, 5.41) is 8.24. The summed E-state index contributed by atoms with van der Waals surface area (Å²) in [7, 11) is -0.741. The minimum atomic E-state index is -0.864. The first-order chi connectivity index (χ1) is 30.4. The van der Waals surface area contributed by atoms with E-state index in [0.29, 0.717) is 17.5 Å². The first-order valence-electron chi connectivity index (χ1n) is 22.3. The van der Waals surface area contributed by atoms with Crippen LogP contribution in [-0.2, 0) is 25.0 Å². The van der Waals surface area contributed by atoms with Crippen molar-refractivity contribution in [1.82, 2.24) is 0 Å². The maximum atomic E-state index is 12.8. The summed E-state index contributed by atoms with van der Waals surface area (Å²) in [6.07, 6.45) is 0.371. The van der Waals surface area contributed by atoms with Crippen LogP contribution in [0, 0.1) is 55.4 Å². The Bertz CT molecular complexity index is 2430. The van der Waals surface area contributed by atoms with Crippen LogP contribution in [0.25, 0.3) is 0 Å². The van der Waals surface area contributed by atoms with E-state index in [1.165, 1.54) is 0 Å². The van der Waals surface area contributed by atoms with E-state index >= 15 is 0 Å². The number of aryl methyl sites for hydroxylation is 8. The highest BCUT2D eigenvalue weighted by Crippen LogP contribution is 2.38. The number of rotatable bonds is 7. The number of carbonyl (C=O) groups excluding carboxylic acids is 2. The molecule has 2 saturated heterocycles. The predicted octanol–water partition coefficient (Wildman–Crippen LogP) is 10.9. The molecule has 0 unspecified atom stereocenters. The summed E-state index contributed by atoms with van der Waals surface area (Å²) in [6.45, 7) is 32.2. The van der Waals surface area contributed by atoms with Crippen molar-refractivity contribution >= 4 is 59.4 Å². The Morgan fingerprint density at radius 2 is 0.833 bits per heavy atom. The highest BCUT2D eigenvalue weighted by molar-refractivity contribution is 6.67. The largest absolute Gasteiger partial charge is 0.495 e. The van der Waals surface area contributed by atoms with Gasteiger partial charge in [0.1, 0.15) is 0 Å². The fraction of sp³-hybridized carbons (Fsp3) is 0.389. The topological polar surface area (TPSA) is 134 Å². The second-order valence-electron chi connectivity index (χ2n) is 19.8. The van der Waals surface area contributed by atoms with E-state index in [9.17, 15) is 14.4 Å². The molecule has 0 amide bonds. The molecule has 9 nitrogen and oxygen atoms in total. The quantitative estimate of drug-likeness (QED) is 0.0708. The Morgan fingerprint density at radius 1 is 0.500 bits per heavy atom. The van der Waals surface area contributed by atoms with Crippen LogP contribution in [0.4, 0.5) is 5.69 Å². The van der Waals surface area contributed by atoms with Crippen LogP contribution in [0.3, 0.4) is 0 Å². The van der Waals surface area contributed by atoms with Crippen LogP contribution in [0.1, 0.15) is 137 Å². The molecular formula is C54H68B2ClNO8. The molecule has 66 heavy (non-hydrogen) atoms. The molecule has 350 valence electrons. The molecule has 0 aromatic heterocycles. The van der Waals surface area contributed by atoms with E-state index in [2.05, 4.69) is 74.4 Å². The Kier molecular flexibility index (Phi) is 17.3. The normalized spacial score (nSPS) is 16.2. The minimum absolute atomic E-state index is 0.130. The highest BCUT2D eigenvalue weighted by atomic mass is 35.5. The lowest BCUT2D eigenvalue weighted by Gasteiger charge is -2.32. The number of anilines is 1. The molecule has 0 bridgehead atoms. The molecule has 2 fully saturated rings. The van der Waals surface area contributed by atoms with Crippen molar-refractivity contribution in [3.05, 3.63) is 158 Å². The average Bonchev–Trinajstić information content (AvgIpc) is 3.54. The second kappa shape index (κ2) is 21.3. The van der Waals surface area contributed by atoms with Gasteiger partial charge in [-0.15, -0.1) is 0 Å². The number of carbonyl (C=O) groups is 3. The van der Waals surface area contributed by atoms with Crippen molar-refractivity contribution in [2.45, 2.75) is 140 Å². The zero-order valence-corrected chi connectivity index (χ0v) is 42.5. The third kappa shape index (κ3) is 14.0. The van der Waals surface area contributed by atoms with Gasteiger partial charge in [-0.25, -0.2) is 4.79 Å². The molecule has 0 aliphatic carbocycles. The van der Waals surface area contributed by atoms with Crippen molar-refractivity contribution in [3.63, 3.8) is 0 Å². The van der Waals surface area contributed by atoms with Crippen molar-refractivity contribution in [3.8, 4) is 0 Å². The highest BCUT2D eigenvalue weighted by Gasteiger charge is 2.53. The Labute approximate surface area is 399 Å². The number of Topliss-reactive ketones (excluding diaryl/α,β-unsaturated/α-hetero) is 1. The molecule has 7 rings (SSSR count). The van der Waals surface area contributed by atoms with Gasteiger partial charge in [-0.2, -0.15) is 0 Å². The molecule has 0 spiro atoms. The molecule has 0 saturated carbocycles. The molecule has 0 atom stereocenters. The van der Waals surface area contributed by atoms with E-state index in [1.54, 1.807) is 24.3 Å². The number of hydrogen-bond acceptors (Lipinski definition) is 8. The fourth-order valence-electron chi connectivity index (χ4n) is 7.52. The molecule has 0 radical (unpaired) electrons. The third-order valence-electron chi connectivity index (χ3n) is 12.5. The van der Waals surface area contributed by atoms with Crippen LogP contribution in [-0.4, -0.2) is 58.7 Å². The van der Waals surface area contributed by atoms with Crippen molar-refractivity contribution < 1.29 is 38.1 Å². The van der Waals surface area contributed by atoms with Crippen LogP contribution in [0.2, 0.25) is 0 Å². The third-order valence-corrected chi connectivity index (χ3v) is 12.7. The Morgan fingerprint density at radius 3 is 1.20 bits per heavy atom. The summed E-state index contributed by atoms with van der Waals surface area (Å²) in [4.78, 5) is 34.0. The maximum Gasteiger partial charge on any atom is 0.495 e. The lowest BCUT2D eigenvalue weighted by molar-refractivity contribution is 0.00578. The monoisotopic (exact) mass is 915 g/mol. The van der Waals surface area contributed by atoms with Crippen molar-refractivity contribution in [2.75, 3.05) is 5.73 Å². The van der Waals surface area contributed by atoms with E-state index in [4.69, 9.17) is 41.1 Å². The van der Waals surface area contributed by atoms with Crippen LogP contribution in [0.15, 0.2) is 91.0 Å². The smallest absolute Gasteiger partial charge is 0.478 e. The predicted molar refractivity (Wildman–Crippen MR) is 271 cm³/mol. The first kappa shape index (κ1) is 53.6. The zero-order valence-electron chi connectivity index (χ0n) is 41.8. The number of ketones is 1. The molecule has 5 aromatic rings. The molecule has 2 aliphatic rings. The van der Waals surface area contributed by atoms with Gasteiger partial charge < -0.3 is 29.5 Å². The zero-order chi connectivity index (χ0) is 49.7. The molecule has 2 aliphatic heterocycles. The number of carboxylic acid groups (broad SMARTS) is 1. The van der Waals surface area contributed by atoms with Crippen molar-refractivity contribution in [2.24, 2.45) is 0 Å². The standard InChI is InChI=1S/C23H29BO3.C13H20BNO2.C9H9ClO.C9H10O2/c1-15-10-16(2)12-19(11-15)21(25)14-18-9-8-17(3)20(13-18)24-26-22(4,5)23(6,7)27-24;1-9-6-7-10(15)8-11(9)14-16-12(2,3)13(4,5)17-14;2*1-6-3-7(2)5-8(4-6)9(10)11/h8-13H,14H2,1-7H3;6-8H,15H2,1-5H3;3-5H,1-2H3;3-5H,1-2H3,(H,10,11). The van der Waals surface area contributed by atoms with E-state index in [-0.39, 0.29) is 35.3 Å². The lowest BCUT2D eigenvalue weighted by atomic mass is 9.75. The molecule has 3 N–H and O–H groups in total. The molecule has 2 heterocycles. The number of carboxylic acids is 1. The molecule has 12 heteroatoms. The second-order valence-corrected chi connectivity index (χ2v) is 20.1. The van der Waals surface area contributed by atoms with E-state index < -0.39 is 18.3 Å². The average molecular weight is 916 g/mol. The Balaban J connectivity index is 0.000000209.